The van der Waals surface area contributed by atoms with E-state index in [4.69, 9.17) is 18.6 Å². The maximum absolute atomic E-state index is 14.6. The summed E-state index contributed by atoms with van der Waals surface area (Å²) in [7, 11) is 1.63. The molecule has 0 aliphatic carbocycles. The van der Waals surface area contributed by atoms with Gasteiger partial charge in [-0.05, 0) is 105 Å². The van der Waals surface area contributed by atoms with Crippen molar-refractivity contribution in [2.75, 3.05) is 59.6 Å². The van der Waals surface area contributed by atoms with Gasteiger partial charge in [0.25, 0.3) is 0 Å². The molecule has 3 rings (SSSR count). The number of hydrogen-bond donors (Lipinski definition) is 1. The minimum absolute atomic E-state index is 0.0768. The average Bonchev–Trinajstić information content (AvgIpc) is 3.27. The van der Waals surface area contributed by atoms with E-state index in [2.05, 4.69) is 49.6 Å². The Hall–Kier alpha value is -3.49. The van der Waals surface area contributed by atoms with Crippen LogP contribution in [0, 0.1) is 0 Å². The number of benzene rings is 2. The number of phenols is 1. The minimum atomic E-state index is -0.278. The van der Waals surface area contributed by atoms with E-state index < -0.39 is 0 Å². The molecule has 0 saturated heterocycles. The van der Waals surface area contributed by atoms with Gasteiger partial charge in [-0.2, -0.15) is 0 Å². The molecule has 1 aromatic heterocycles. The third-order valence-electron chi connectivity index (χ3n) is 13.0. The van der Waals surface area contributed by atoms with Crippen molar-refractivity contribution in [2.45, 2.75) is 197 Å². The Morgan fingerprint density at radius 3 is 1.34 bits per heavy atom. The first-order valence-electron chi connectivity index (χ1n) is 25.9. The largest absolute Gasteiger partial charge is 0.507 e. The van der Waals surface area contributed by atoms with Crippen LogP contribution in [0.3, 0.4) is 0 Å². The van der Waals surface area contributed by atoms with Crippen LogP contribution in [0.1, 0.15) is 195 Å². The van der Waals surface area contributed by atoms with Crippen molar-refractivity contribution in [3.05, 3.63) is 56.8 Å². The van der Waals surface area contributed by atoms with Gasteiger partial charge in [0.15, 0.2) is 11.5 Å². The number of aromatic hydroxyl groups is 1. The molecule has 2 aromatic carbocycles. The Labute approximate surface area is 390 Å². The average molecular weight is 889 g/mol. The SMILES string of the molecule is CCN(CC)CCCCCCCCCCCCOc1cc2oc3cc(OCCCCCCCCCCCCN(CC)CC)c(OC)c(CC=C(C)C)c3c(=O)c2c(O)c1CC=C(C)C. The van der Waals surface area contributed by atoms with Crippen LogP contribution in [0.15, 0.2) is 44.6 Å². The molecule has 362 valence electrons. The fraction of sp³-hybridized carbons (Fsp3) is 0.696. The summed E-state index contributed by atoms with van der Waals surface area (Å²) < 4.78 is 25.4. The normalized spacial score (nSPS) is 11.6. The standard InChI is InChI=1S/C56H92N2O6/c1-10-57(11-2)38-30-26-22-18-14-16-20-24-28-32-40-62-48-42-50-53(54(59)46(48)36-34-44(5)6)55(60)52-47(37-35-45(7)8)56(61-9)51(43-49(52)64-50)63-41-33-29-25-21-17-15-19-23-27-31-39-58(12-3)13-4/h34-35,42-43,59H,10-33,36-41H2,1-9H3. The van der Waals surface area contributed by atoms with E-state index in [0.717, 1.165) is 63.0 Å². The predicted octanol–water partition coefficient (Wildman–Crippen LogP) is 14.9. The molecule has 0 amide bonds. The van der Waals surface area contributed by atoms with Crippen molar-refractivity contribution in [1.82, 2.24) is 9.80 Å². The van der Waals surface area contributed by atoms with E-state index in [1.54, 1.807) is 19.2 Å². The minimum Gasteiger partial charge on any atom is -0.507 e. The molecule has 0 radical (unpaired) electrons. The van der Waals surface area contributed by atoms with Crippen molar-refractivity contribution in [3.8, 4) is 23.0 Å². The van der Waals surface area contributed by atoms with Crippen LogP contribution in [-0.2, 0) is 12.8 Å². The highest BCUT2D eigenvalue weighted by Crippen LogP contribution is 2.42. The molecule has 0 atom stereocenters. The van der Waals surface area contributed by atoms with E-state index in [-0.39, 0.29) is 16.6 Å². The fourth-order valence-electron chi connectivity index (χ4n) is 8.81. The molecule has 0 unspecified atom stereocenters. The summed E-state index contributed by atoms with van der Waals surface area (Å²) in [4.78, 5) is 19.6. The highest BCUT2D eigenvalue weighted by molar-refractivity contribution is 5.98. The van der Waals surface area contributed by atoms with Gasteiger partial charge in [-0.15, -0.1) is 0 Å². The highest BCUT2D eigenvalue weighted by Gasteiger charge is 2.24. The number of phenolic OH excluding ortho intramolecular Hbond substituents is 1. The number of nitrogens with zero attached hydrogens (tertiary/aromatic N) is 2. The molecule has 1 heterocycles. The van der Waals surface area contributed by atoms with Gasteiger partial charge in [-0.25, -0.2) is 0 Å². The molecule has 3 aromatic rings. The first kappa shape index (κ1) is 54.8. The van der Waals surface area contributed by atoms with Gasteiger partial charge in [0.2, 0.25) is 5.43 Å². The zero-order chi connectivity index (χ0) is 46.5. The Kier molecular flexibility index (Phi) is 27.6. The van der Waals surface area contributed by atoms with Gasteiger partial charge >= 0.3 is 0 Å². The number of ether oxygens (including phenoxy) is 3. The highest BCUT2D eigenvalue weighted by atomic mass is 16.5. The van der Waals surface area contributed by atoms with Crippen LogP contribution in [0.4, 0.5) is 0 Å². The Balaban J connectivity index is 1.66. The zero-order valence-corrected chi connectivity index (χ0v) is 42.4. The smallest absolute Gasteiger partial charge is 0.204 e. The third-order valence-corrected chi connectivity index (χ3v) is 13.0. The van der Waals surface area contributed by atoms with Gasteiger partial charge in [0, 0.05) is 23.3 Å². The van der Waals surface area contributed by atoms with Crippen LogP contribution in [0.5, 0.6) is 23.0 Å². The van der Waals surface area contributed by atoms with E-state index in [0.29, 0.717) is 71.0 Å². The van der Waals surface area contributed by atoms with Crippen molar-refractivity contribution in [3.63, 3.8) is 0 Å². The zero-order valence-electron chi connectivity index (χ0n) is 42.4. The molecule has 0 fully saturated rings. The molecular formula is C56H92N2O6. The summed E-state index contributed by atoms with van der Waals surface area (Å²) in [5.41, 5.74) is 4.01. The fourth-order valence-corrected chi connectivity index (χ4v) is 8.81. The van der Waals surface area contributed by atoms with Crippen LogP contribution in [0.2, 0.25) is 0 Å². The quantitative estimate of drug-likeness (QED) is 0.0348. The summed E-state index contributed by atoms with van der Waals surface area (Å²) >= 11 is 0. The van der Waals surface area contributed by atoms with Gasteiger partial charge in [0.05, 0.1) is 25.7 Å². The number of methoxy groups -OCH3 is 1. The van der Waals surface area contributed by atoms with Crippen LogP contribution >= 0.6 is 0 Å². The molecule has 0 bridgehead atoms. The van der Waals surface area contributed by atoms with Gasteiger partial charge in [-0.3, -0.25) is 4.79 Å². The number of hydrogen-bond acceptors (Lipinski definition) is 8. The second kappa shape index (κ2) is 32.2. The molecular weight excluding hydrogens is 797 g/mol. The molecule has 0 saturated carbocycles. The molecule has 8 nitrogen and oxygen atoms in total. The van der Waals surface area contributed by atoms with Gasteiger partial charge in [0.1, 0.15) is 28.1 Å². The number of allylic oxidation sites excluding steroid dienone is 4. The summed E-state index contributed by atoms with van der Waals surface area (Å²) in [5, 5.41) is 12.5. The van der Waals surface area contributed by atoms with Crippen molar-refractivity contribution >= 4 is 21.9 Å². The summed E-state index contributed by atoms with van der Waals surface area (Å²) in [5.74, 6) is 1.60. The summed E-state index contributed by atoms with van der Waals surface area (Å²) in [6, 6.07) is 3.60. The number of rotatable bonds is 37. The molecule has 0 spiro atoms. The number of fused-ring (bicyclic) bond motifs is 2. The van der Waals surface area contributed by atoms with E-state index in [9.17, 15) is 9.90 Å². The Morgan fingerprint density at radius 2 is 0.922 bits per heavy atom. The lowest BCUT2D eigenvalue weighted by Gasteiger charge is -2.18. The predicted molar refractivity (Wildman–Crippen MR) is 273 cm³/mol. The lowest BCUT2D eigenvalue weighted by molar-refractivity contribution is 0.283. The molecule has 64 heavy (non-hydrogen) atoms. The van der Waals surface area contributed by atoms with Crippen molar-refractivity contribution < 1.29 is 23.7 Å². The molecule has 0 aliphatic rings. The lowest BCUT2D eigenvalue weighted by atomic mass is 9.98. The summed E-state index contributed by atoms with van der Waals surface area (Å²) in [6.45, 7) is 25.4. The second-order valence-electron chi connectivity index (χ2n) is 18.6. The summed E-state index contributed by atoms with van der Waals surface area (Å²) in [6.07, 6.45) is 30.0. The topological polar surface area (TPSA) is 84.6 Å². The first-order chi connectivity index (χ1) is 31.1. The van der Waals surface area contributed by atoms with Gasteiger partial charge < -0.3 is 33.5 Å². The van der Waals surface area contributed by atoms with Gasteiger partial charge in [-0.1, -0.05) is 154 Å². The van der Waals surface area contributed by atoms with E-state index in [1.807, 2.05) is 27.7 Å². The van der Waals surface area contributed by atoms with Crippen LogP contribution in [-0.4, -0.2) is 74.5 Å². The Morgan fingerprint density at radius 1 is 0.547 bits per heavy atom. The molecule has 8 heteroatoms. The molecule has 0 aliphatic heterocycles. The lowest BCUT2D eigenvalue weighted by Crippen LogP contribution is -2.23. The first-order valence-corrected chi connectivity index (χ1v) is 25.9. The van der Waals surface area contributed by atoms with E-state index >= 15 is 0 Å². The third kappa shape index (κ3) is 19.2. The van der Waals surface area contributed by atoms with E-state index in [1.165, 1.54) is 116 Å². The maximum Gasteiger partial charge on any atom is 0.204 e. The van der Waals surface area contributed by atoms with Crippen molar-refractivity contribution in [2.24, 2.45) is 0 Å². The Bertz CT molecular complexity index is 1860. The monoisotopic (exact) mass is 889 g/mol. The molecule has 1 N–H and O–H groups in total. The van der Waals surface area contributed by atoms with Crippen LogP contribution in [0.25, 0.3) is 21.9 Å². The second-order valence-corrected chi connectivity index (χ2v) is 18.6. The number of unbranched alkanes of at least 4 members (excludes halogenated alkanes) is 18. The van der Waals surface area contributed by atoms with Crippen molar-refractivity contribution in [1.29, 1.82) is 0 Å². The van der Waals surface area contributed by atoms with Crippen LogP contribution < -0.4 is 19.6 Å². The maximum atomic E-state index is 14.6.